The molecule has 0 bridgehead atoms. The van der Waals surface area contributed by atoms with Gasteiger partial charge in [-0.3, -0.25) is 4.79 Å². The van der Waals surface area contributed by atoms with E-state index in [-0.39, 0.29) is 6.54 Å². The molecule has 1 heterocycles. The van der Waals surface area contributed by atoms with Gasteiger partial charge >= 0.3 is 5.97 Å². The van der Waals surface area contributed by atoms with Gasteiger partial charge in [0.15, 0.2) is 0 Å². The molecule has 11 heavy (non-hydrogen) atoms. The molecule has 0 fully saturated rings. The molecule has 0 aliphatic heterocycles. The van der Waals surface area contributed by atoms with E-state index in [9.17, 15) is 4.79 Å². The van der Waals surface area contributed by atoms with Crippen LogP contribution in [0.2, 0.25) is 0 Å². The Morgan fingerprint density at radius 2 is 2.64 bits per heavy atom. The predicted molar refractivity (Wildman–Crippen MR) is 37.4 cm³/mol. The highest BCUT2D eigenvalue weighted by atomic mass is 16.4. The van der Waals surface area contributed by atoms with Crippen LogP contribution in [0.4, 0.5) is 6.01 Å². The Labute approximate surface area is 63.3 Å². The van der Waals surface area contributed by atoms with Crippen molar-refractivity contribution >= 4 is 12.0 Å². The maximum absolute atomic E-state index is 10.2. The van der Waals surface area contributed by atoms with E-state index in [0.717, 1.165) is 0 Å². The molecule has 0 radical (unpaired) electrons. The van der Waals surface area contributed by atoms with Gasteiger partial charge in [-0.15, -0.1) is 0 Å². The second-order valence-electron chi connectivity index (χ2n) is 2.06. The van der Waals surface area contributed by atoms with E-state index in [4.69, 9.17) is 9.52 Å². The van der Waals surface area contributed by atoms with Crippen LogP contribution >= 0.6 is 0 Å². The first-order valence-corrected chi connectivity index (χ1v) is 3.02. The summed E-state index contributed by atoms with van der Waals surface area (Å²) in [4.78, 5) is 15.4. The van der Waals surface area contributed by atoms with Crippen molar-refractivity contribution in [3.63, 3.8) is 0 Å². The smallest absolute Gasteiger partial charge is 0.323 e. The van der Waals surface area contributed by atoms with Gasteiger partial charge in [-0.2, -0.15) is 0 Å². The van der Waals surface area contributed by atoms with Gasteiger partial charge in [-0.05, 0) is 0 Å². The fourth-order valence-corrected chi connectivity index (χ4v) is 0.675. The first-order valence-electron chi connectivity index (χ1n) is 3.02. The first kappa shape index (κ1) is 7.59. The number of carboxylic acids is 1. The number of aliphatic carboxylic acids is 1. The molecule has 0 atom stereocenters. The van der Waals surface area contributed by atoms with Crippen molar-refractivity contribution in [2.75, 3.05) is 18.5 Å². The maximum Gasteiger partial charge on any atom is 0.323 e. The summed E-state index contributed by atoms with van der Waals surface area (Å²) < 4.78 is 4.85. The zero-order chi connectivity index (χ0) is 8.27. The van der Waals surface area contributed by atoms with Gasteiger partial charge < -0.3 is 14.4 Å². The molecule has 0 spiro atoms. The molecule has 0 aliphatic carbocycles. The summed E-state index contributed by atoms with van der Waals surface area (Å²) in [6.07, 6.45) is 2.86. The lowest BCUT2D eigenvalue weighted by atomic mass is 10.6. The molecule has 5 heteroatoms. The summed E-state index contributed by atoms with van der Waals surface area (Å²) in [6, 6.07) is 0.312. The Bertz CT molecular complexity index is 232. The summed E-state index contributed by atoms with van der Waals surface area (Å²) in [5.74, 6) is -0.911. The van der Waals surface area contributed by atoms with E-state index in [2.05, 4.69) is 4.98 Å². The molecule has 1 N–H and O–H groups in total. The minimum Gasteiger partial charge on any atom is -0.480 e. The van der Waals surface area contributed by atoms with Crippen molar-refractivity contribution in [3.05, 3.63) is 12.5 Å². The highest BCUT2D eigenvalue weighted by Gasteiger charge is 2.07. The van der Waals surface area contributed by atoms with Crippen molar-refractivity contribution in [1.82, 2.24) is 4.98 Å². The molecule has 0 saturated heterocycles. The van der Waals surface area contributed by atoms with E-state index >= 15 is 0 Å². The summed E-state index contributed by atoms with van der Waals surface area (Å²) in [7, 11) is 1.60. The fourth-order valence-electron chi connectivity index (χ4n) is 0.675. The average Bonchev–Trinajstić information content (AvgIpc) is 2.35. The van der Waals surface area contributed by atoms with Gasteiger partial charge in [-0.25, -0.2) is 4.98 Å². The number of oxazole rings is 1. The van der Waals surface area contributed by atoms with Crippen LogP contribution in [0.25, 0.3) is 0 Å². The molecular weight excluding hydrogens is 148 g/mol. The Morgan fingerprint density at radius 1 is 1.91 bits per heavy atom. The van der Waals surface area contributed by atoms with E-state index in [1.165, 1.54) is 17.4 Å². The standard InChI is InChI=1S/C6H8N2O3/c1-8(4-5(9)10)6-7-2-3-11-6/h2-3H,4H2,1H3,(H,9,10). The summed E-state index contributed by atoms with van der Waals surface area (Å²) in [5, 5.41) is 8.37. The molecule has 1 aromatic rings. The molecule has 0 amide bonds. The van der Waals surface area contributed by atoms with Crippen LogP contribution in [0.3, 0.4) is 0 Å². The Kier molecular flexibility index (Phi) is 2.10. The number of hydrogen-bond donors (Lipinski definition) is 1. The number of likely N-dealkylation sites (N-methyl/N-ethyl adjacent to an activating group) is 1. The van der Waals surface area contributed by atoms with E-state index in [1.54, 1.807) is 7.05 Å². The number of carboxylic acid groups (broad SMARTS) is 1. The first-order chi connectivity index (χ1) is 5.20. The Hall–Kier alpha value is -1.52. The van der Waals surface area contributed by atoms with Crippen LogP contribution in [0.1, 0.15) is 0 Å². The lowest BCUT2D eigenvalue weighted by Gasteiger charge is -2.09. The predicted octanol–water partition coefficient (Wildman–Crippen LogP) is 0.195. The number of nitrogens with zero attached hydrogens (tertiary/aromatic N) is 2. The fraction of sp³-hybridized carbons (Fsp3) is 0.333. The van der Waals surface area contributed by atoms with Crippen LogP contribution in [0.15, 0.2) is 16.9 Å². The zero-order valence-electron chi connectivity index (χ0n) is 6.02. The molecule has 60 valence electrons. The normalized spacial score (nSPS) is 9.55. The molecule has 0 saturated carbocycles. The van der Waals surface area contributed by atoms with Gasteiger partial charge in [0, 0.05) is 7.05 Å². The van der Waals surface area contributed by atoms with Crippen LogP contribution in [0, 0.1) is 0 Å². The van der Waals surface area contributed by atoms with Crippen LogP contribution < -0.4 is 4.90 Å². The van der Waals surface area contributed by atoms with E-state index in [0.29, 0.717) is 6.01 Å². The molecule has 5 nitrogen and oxygen atoms in total. The maximum atomic E-state index is 10.2. The van der Waals surface area contributed by atoms with Crippen LogP contribution in [0.5, 0.6) is 0 Å². The lowest BCUT2D eigenvalue weighted by molar-refractivity contribution is -0.135. The van der Waals surface area contributed by atoms with Crippen molar-refractivity contribution in [1.29, 1.82) is 0 Å². The van der Waals surface area contributed by atoms with Crippen LogP contribution in [-0.2, 0) is 4.79 Å². The Morgan fingerprint density at radius 3 is 3.09 bits per heavy atom. The third-order valence-electron chi connectivity index (χ3n) is 1.12. The minimum atomic E-state index is -0.911. The zero-order valence-corrected chi connectivity index (χ0v) is 6.02. The van der Waals surface area contributed by atoms with E-state index < -0.39 is 5.97 Å². The summed E-state index contributed by atoms with van der Waals surface area (Å²) in [5.41, 5.74) is 0. The topological polar surface area (TPSA) is 66.6 Å². The third kappa shape index (κ3) is 1.96. The lowest BCUT2D eigenvalue weighted by Crippen LogP contribution is -2.25. The third-order valence-corrected chi connectivity index (χ3v) is 1.12. The highest BCUT2D eigenvalue weighted by molar-refractivity contribution is 5.72. The van der Waals surface area contributed by atoms with E-state index in [1.807, 2.05) is 0 Å². The van der Waals surface area contributed by atoms with Gasteiger partial charge in [0.2, 0.25) is 0 Å². The number of hydrogen-bond acceptors (Lipinski definition) is 4. The van der Waals surface area contributed by atoms with Gasteiger partial charge in [-0.1, -0.05) is 0 Å². The molecule has 1 aromatic heterocycles. The van der Waals surface area contributed by atoms with Crippen LogP contribution in [-0.4, -0.2) is 29.7 Å². The molecule has 0 aromatic carbocycles. The van der Waals surface area contributed by atoms with Crippen molar-refractivity contribution in [3.8, 4) is 0 Å². The monoisotopic (exact) mass is 156 g/mol. The quantitative estimate of drug-likeness (QED) is 0.676. The average molecular weight is 156 g/mol. The SMILES string of the molecule is CN(CC(=O)O)c1ncco1. The number of rotatable bonds is 3. The summed E-state index contributed by atoms with van der Waals surface area (Å²) in [6.45, 7) is -0.111. The minimum absolute atomic E-state index is 0.111. The summed E-state index contributed by atoms with van der Waals surface area (Å²) >= 11 is 0. The second-order valence-corrected chi connectivity index (χ2v) is 2.06. The van der Waals surface area contributed by atoms with Gasteiger partial charge in [0.05, 0.1) is 6.20 Å². The number of aromatic nitrogens is 1. The molecule has 0 unspecified atom stereocenters. The Balaban J connectivity index is 2.56. The van der Waals surface area contributed by atoms with Gasteiger partial charge in [0.25, 0.3) is 6.01 Å². The molecular formula is C6H8N2O3. The van der Waals surface area contributed by atoms with Crippen molar-refractivity contribution in [2.24, 2.45) is 0 Å². The molecule has 0 aliphatic rings. The van der Waals surface area contributed by atoms with Gasteiger partial charge in [0.1, 0.15) is 12.8 Å². The number of carbonyl (C=O) groups is 1. The highest BCUT2D eigenvalue weighted by Crippen LogP contribution is 2.06. The largest absolute Gasteiger partial charge is 0.480 e. The van der Waals surface area contributed by atoms with Crippen molar-refractivity contribution < 1.29 is 14.3 Å². The van der Waals surface area contributed by atoms with Crippen molar-refractivity contribution in [2.45, 2.75) is 0 Å². The second kappa shape index (κ2) is 3.05. The molecule has 1 rings (SSSR count). The number of anilines is 1.